The molecule has 30 heavy (non-hydrogen) atoms. The first-order chi connectivity index (χ1) is 14.7. The average molecular weight is 411 g/mol. The van der Waals surface area contributed by atoms with Gasteiger partial charge in [-0.2, -0.15) is 0 Å². The Balaban J connectivity index is 1.60. The number of ether oxygens (including phenoxy) is 3. The lowest BCUT2D eigenvalue weighted by molar-refractivity contribution is -0.135. The fourth-order valence-corrected chi connectivity index (χ4v) is 4.47. The van der Waals surface area contributed by atoms with Crippen LogP contribution < -0.4 is 9.47 Å². The van der Waals surface area contributed by atoms with Gasteiger partial charge in [0, 0.05) is 32.6 Å². The van der Waals surface area contributed by atoms with Gasteiger partial charge in [-0.15, -0.1) is 0 Å². The first kappa shape index (κ1) is 20.7. The van der Waals surface area contributed by atoms with Gasteiger partial charge in [-0.3, -0.25) is 9.69 Å². The minimum atomic E-state index is 0.0900. The van der Waals surface area contributed by atoms with E-state index in [9.17, 15) is 4.79 Å². The molecule has 6 heteroatoms. The van der Waals surface area contributed by atoms with Crippen LogP contribution in [0.1, 0.15) is 29.2 Å². The Bertz CT molecular complexity index is 865. The van der Waals surface area contributed by atoms with Crippen molar-refractivity contribution in [1.29, 1.82) is 0 Å². The molecule has 2 aromatic rings. The minimum Gasteiger partial charge on any atom is -0.493 e. The third-order valence-corrected chi connectivity index (χ3v) is 6.07. The van der Waals surface area contributed by atoms with E-state index in [0.29, 0.717) is 32.7 Å². The number of amides is 1. The lowest BCUT2D eigenvalue weighted by Gasteiger charge is -2.38. The van der Waals surface area contributed by atoms with Gasteiger partial charge in [0.1, 0.15) is 0 Å². The molecule has 1 atom stereocenters. The highest BCUT2D eigenvalue weighted by molar-refractivity contribution is 5.76. The molecule has 2 aromatic carbocycles. The third-order valence-electron chi connectivity index (χ3n) is 6.07. The summed E-state index contributed by atoms with van der Waals surface area (Å²) in [6.07, 6.45) is 1.44. The summed E-state index contributed by atoms with van der Waals surface area (Å²) >= 11 is 0. The van der Waals surface area contributed by atoms with Crippen molar-refractivity contribution in [2.75, 3.05) is 53.6 Å². The molecule has 6 nitrogen and oxygen atoms in total. The number of hydrogen-bond acceptors (Lipinski definition) is 5. The van der Waals surface area contributed by atoms with Gasteiger partial charge in [0.15, 0.2) is 11.5 Å². The van der Waals surface area contributed by atoms with Crippen LogP contribution in [0.5, 0.6) is 11.5 Å². The van der Waals surface area contributed by atoms with Crippen LogP contribution in [0.15, 0.2) is 42.5 Å². The molecule has 0 saturated carbocycles. The molecule has 0 aromatic heterocycles. The Morgan fingerprint density at radius 3 is 2.43 bits per heavy atom. The highest BCUT2D eigenvalue weighted by Gasteiger charge is 2.31. The largest absolute Gasteiger partial charge is 0.493 e. The third kappa shape index (κ3) is 4.30. The summed E-state index contributed by atoms with van der Waals surface area (Å²) in [6, 6.07) is 14.8. The van der Waals surface area contributed by atoms with Crippen molar-refractivity contribution < 1.29 is 19.0 Å². The second-order valence-corrected chi connectivity index (χ2v) is 7.75. The SMILES string of the molecule is COc1cc2c(cc1OC)C(c1ccccc1)N(CCC(=O)N1CCOCC1)CC2. The van der Waals surface area contributed by atoms with Crippen LogP contribution in [0.3, 0.4) is 0 Å². The van der Waals surface area contributed by atoms with E-state index in [1.807, 2.05) is 11.0 Å². The highest BCUT2D eigenvalue weighted by atomic mass is 16.5. The average Bonchev–Trinajstić information content (AvgIpc) is 2.82. The molecule has 1 saturated heterocycles. The number of hydrogen-bond donors (Lipinski definition) is 0. The number of benzene rings is 2. The maximum Gasteiger partial charge on any atom is 0.224 e. The topological polar surface area (TPSA) is 51.2 Å². The van der Waals surface area contributed by atoms with Crippen molar-refractivity contribution in [3.63, 3.8) is 0 Å². The van der Waals surface area contributed by atoms with Gasteiger partial charge < -0.3 is 19.1 Å². The molecular formula is C24H30N2O4. The van der Waals surface area contributed by atoms with Crippen LogP contribution >= 0.6 is 0 Å². The van der Waals surface area contributed by atoms with Crippen molar-refractivity contribution in [1.82, 2.24) is 9.80 Å². The smallest absolute Gasteiger partial charge is 0.224 e. The first-order valence-corrected chi connectivity index (χ1v) is 10.6. The summed E-state index contributed by atoms with van der Waals surface area (Å²) in [7, 11) is 3.34. The van der Waals surface area contributed by atoms with Crippen molar-refractivity contribution in [3.05, 3.63) is 59.2 Å². The normalized spacial score (nSPS) is 19.3. The molecule has 2 aliphatic heterocycles. The lowest BCUT2D eigenvalue weighted by Crippen LogP contribution is -2.43. The maximum atomic E-state index is 12.7. The van der Waals surface area contributed by atoms with Gasteiger partial charge in [-0.05, 0) is 35.2 Å². The molecule has 4 rings (SSSR count). The molecule has 160 valence electrons. The van der Waals surface area contributed by atoms with E-state index in [4.69, 9.17) is 14.2 Å². The van der Waals surface area contributed by atoms with Gasteiger partial charge in [-0.25, -0.2) is 0 Å². The zero-order valence-electron chi connectivity index (χ0n) is 17.8. The summed E-state index contributed by atoms with van der Waals surface area (Å²) in [5.74, 6) is 1.71. The highest BCUT2D eigenvalue weighted by Crippen LogP contribution is 2.40. The van der Waals surface area contributed by atoms with Gasteiger partial charge in [0.05, 0.1) is 33.5 Å². The van der Waals surface area contributed by atoms with E-state index in [2.05, 4.69) is 41.3 Å². The van der Waals surface area contributed by atoms with E-state index in [1.54, 1.807) is 14.2 Å². The Labute approximate surface area is 178 Å². The number of morpholine rings is 1. The Morgan fingerprint density at radius 1 is 1.03 bits per heavy atom. The number of carbonyl (C=O) groups excluding carboxylic acids is 1. The van der Waals surface area contributed by atoms with E-state index >= 15 is 0 Å². The van der Waals surface area contributed by atoms with Crippen LogP contribution in [-0.4, -0.2) is 69.3 Å². The summed E-state index contributed by atoms with van der Waals surface area (Å²) < 4.78 is 16.5. The van der Waals surface area contributed by atoms with Crippen LogP contribution in [0.4, 0.5) is 0 Å². The lowest BCUT2D eigenvalue weighted by atomic mass is 9.87. The zero-order chi connectivity index (χ0) is 20.9. The molecule has 0 bridgehead atoms. The van der Waals surface area contributed by atoms with Crippen LogP contribution in [0.2, 0.25) is 0 Å². The number of fused-ring (bicyclic) bond motifs is 1. The van der Waals surface area contributed by atoms with Gasteiger partial charge in [0.2, 0.25) is 5.91 Å². The summed E-state index contributed by atoms with van der Waals surface area (Å²) in [6.45, 7) is 4.29. The number of nitrogens with zero attached hydrogens (tertiary/aromatic N) is 2. The number of rotatable bonds is 6. The maximum absolute atomic E-state index is 12.7. The standard InChI is InChI=1S/C24H30N2O4/c1-28-21-16-19-8-10-26(11-9-23(27)25-12-14-30-15-13-25)24(18-6-4-3-5-7-18)20(19)17-22(21)29-2/h3-7,16-17,24H,8-15H2,1-2H3. The predicted octanol–water partition coefficient (Wildman–Crippen LogP) is 2.90. The summed E-state index contributed by atoms with van der Waals surface area (Å²) in [5, 5.41) is 0. The van der Waals surface area contributed by atoms with Crippen LogP contribution in [-0.2, 0) is 16.0 Å². The van der Waals surface area contributed by atoms with E-state index < -0.39 is 0 Å². The van der Waals surface area contributed by atoms with Crippen molar-refractivity contribution in [3.8, 4) is 11.5 Å². The molecule has 0 aliphatic carbocycles. The van der Waals surface area contributed by atoms with Crippen molar-refractivity contribution in [2.45, 2.75) is 18.9 Å². The Hall–Kier alpha value is -2.57. The fourth-order valence-electron chi connectivity index (χ4n) is 4.47. The predicted molar refractivity (Wildman–Crippen MR) is 115 cm³/mol. The molecule has 2 aliphatic rings. The minimum absolute atomic E-state index is 0.0900. The Kier molecular flexibility index (Phi) is 6.55. The molecule has 0 spiro atoms. The second kappa shape index (κ2) is 9.49. The van der Waals surface area contributed by atoms with Crippen LogP contribution in [0.25, 0.3) is 0 Å². The first-order valence-electron chi connectivity index (χ1n) is 10.6. The van der Waals surface area contributed by atoms with Crippen molar-refractivity contribution in [2.24, 2.45) is 0 Å². The number of carbonyl (C=O) groups is 1. The van der Waals surface area contributed by atoms with Gasteiger partial charge in [-0.1, -0.05) is 30.3 Å². The molecular weight excluding hydrogens is 380 g/mol. The van der Waals surface area contributed by atoms with E-state index in [-0.39, 0.29) is 11.9 Å². The van der Waals surface area contributed by atoms with Crippen LogP contribution in [0, 0.1) is 0 Å². The van der Waals surface area contributed by atoms with Gasteiger partial charge >= 0.3 is 0 Å². The fraction of sp³-hybridized carbons (Fsp3) is 0.458. The monoisotopic (exact) mass is 410 g/mol. The molecule has 1 unspecified atom stereocenters. The summed E-state index contributed by atoms with van der Waals surface area (Å²) in [5.41, 5.74) is 3.73. The molecule has 1 amide bonds. The van der Waals surface area contributed by atoms with Crippen molar-refractivity contribution >= 4 is 5.91 Å². The van der Waals surface area contributed by atoms with Gasteiger partial charge in [0.25, 0.3) is 0 Å². The number of methoxy groups -OCH3 is 2. The Morgan fingerprint density at radius 2 is 1.73 bits per heavy atom. The van der Waals surface area contributed by atoms with E-state index in [1.165, 1.54) is 16.7 Å². The molecule has 1 fully saturated rings. The quantitative estimate of drug-likeness (QED) is 0.733. The second-order valence-electron chi connectivity index (χ2n) is 7.75. The molecule has 2 heterocycles. The van der Waals surface area contributed by atoms with E-state index in [0.717, 1.165) is 31.0 Å². The zero-order valence-corrected chi connectivity index (χ0v) is 17.8. The summed E-state index contributed by atoms with van der Waals surface area (Å²) in [4.78, 5) is 17.1. The molecule has 0 N–H and O–H groups in total. The molecule has 0 radical (unpaired) electrons.